The molecule has 0 saturated heterocycles. The number of hydrogen-bond donors (Lipinski definition) is 5. The van der Waals surface area contributed by atoms with E-state index in [2.05, 4.69) is 17.9 Å². The third-order valence-corrected chi connectivity index (χ3v) is 2.36. The molecule has 0 radical (unpaired) electrons. The highest BCUT2D eigenvalue weighted by molar-refractivity contribution is 7.80. The summed E-state index contributed by atoms with van der Waals surface area (Å²) in [6.07, 6.45) is 0. The van der Waals surface area contributed by atoms with E-state index in [1.54, 1.807) is 24.3 Å². The van der Waals surface area contributed by atoms with Gasteiger partial charge in [0, 0.05) is 17.0 Å². The van der Waals surface area contributed by atoms with Gasteiger partial charge in [0.05, 0.1) is 0 Å². The van der Waals surface area contributed by atoms with Crippen molar-refractivity contribution in [2.24, 2.45) is 5.73 Å². The van der Waals surface area contributed by atoms with Crippen LogP contribution in [0.25, 0.3) is 0 Å². The minimum atomic E-state index is -0.969. The molecule has 5 N–H and O–H groups in total. The first-order chi connectivity index (χ1) is 7.54. The SMILES string of the molecule is Cl.N=C(N)c1cccc(N[C@@H](CS)C(=O)O)c1. The van der Waals surface area contributed by atoms with Gasteiger partial charge in [0.1, 0.15) is 11.9 Å². The molecule has 1 rings (SSSR count). The average Bonchev–Trinajstić information content (AvgIpc) is 2.25. The molecule has 0 amide bonds. The van der Waals surface area contributed by atoms with E-state index in [0.717, 1.165) is 0 Å². The Morgan fingerprint density at radius 1 is 1.59 bits per heavy atom. The van der Waals surface area contributed by atoms with Gasteiger partial charge in [0.25, 0.3) is 0 Å². The molecule has 1 atom stereocenters. The summed E-state index contributed by atoms with van der Waals surface area (Å²) in [5.74, 6) is -0.843. The molecule has 0 aliphatic heterocycles. The normalized spacial score (nSPS) is 11.1. The molecule has 0 spiro atoms. The molecule has 0 aliphatic rings. The first-order valence-electron chi connectivity index (χ1n) is 4.59. The Hall–Kier alpha value is -1.40. The number of anilines is 1. The summed E-state index contributed by atoms with van der Waals surface area (Å²) in [5, 5.41) is 18.9. The largest absolute Gasteiger partial charge is 0.480 e. The summed E-state index contributed by atoms with van der Waals surface area (Å²) >= 11 is 3.94. The van der Waals surface area contributed by atoms with Gasteiger partial charge in [0.15, 0.2) is 0 Å². The molecule has 1 aromatic rings. The molecule has 5 nitrogen and oxygen atoms in total. The fourth-order valence-electron chi connectivity index (χ4n) is 1.16. The van der Waals surface area contributed by atoms with Gasteiger partial charge in [0.2, 0.25) is 0 Å². The zero-order chi connectivity index (χ0) is 12.1. The highest BCUT2D eigenvalue weighted by Crippen LogP contribution is 2.12. The zero-order valence-corrected chi connectivity index (χ0v) is 10.6. The maximum atomic E-state index is 10.8. The minimum absolute atomic E-state index is 0. The summed E-state index contributed by atoms with van der Waals surface area (Å²) < 4.78 is 0. The van der Waals surface area contributed by atoms with Crippen LogP contribution in [0.4, 0.5) is 5.69 Å². The number of nitrogens with one attached hydrogen (secondary N) is 2. The van der Waals surface area contributed by atoms with Crippen LogP contribution in [-0.4, -0.2) is 28.7 Å². The third kappa shape index (κ3) is 4.54. The molecule has 7 heteroatoms. The van der Waals surface area contributed by atoms with Gasteiger partial charge in [-0.15, -0.1) is 12.4 Å². The van der Waals surface area contributed by atoms with E-state index in [0.29, 0.717) is 11.3 Å². The predicted octanol–water partition coefficient (Wildman–Crippen LogP) is 1.19. The van der Waals surface area contributed by atoms with Gasteiger partial charge >= 0.3 is 5.97 Å². The lowest BCUT2D eigenvalue weighted by Gasteiger charge is -2.13. The summed E-state index contributed by atoms with van der Waals surface area (Å²) in [6, 6.07) is 5.97. The van der Waals surface area contributed by atoms with Crippen LogP contribution in [0.1, 0.15) is 5.56 Å². The van der Waals surface area contributed by atoms with Crippen molar-refractivity contribution >= 4 is 42.5 Å². The maximum Gasteiger partial charge on any atom is 0.326 e. The van der Waals surface area contributed by atoms with Gasteiger partial charge in [-0.3, -0.25) is 5.41 Å². The molecule has 94 valence electrons. The molecule has 17 heavy (non-hydrogen) atoms. The molecule has 0 aliphatic carbocycles. The molecular weight excluding hydrogens is 262 g/mol. The molecule has 0 heterocycles. The maximum absolute atomic E-state index is 10.8. The van der Waals surface area contributed by atoms with E-state index in [-0.39, 0.29) is 24.0 Å². The Balaban J connectivity index is 0.00000256. The van der Waals surface area contributed by atoms with Gasteiger partial charge in [-0.1, -0.05) is 12.1 Å². The Kier molecular flexibility index (Phi) is 6.45. The second-order valence-electron chi connectivity index (χ2n) is 3.21. The van der Waals surface area contributed by atoms with Crippen LogP contribution < -0.4 is 11.1 Å². The van der Waals surface area contributed by atoms with Crippen LogP contribution >= 0.6 is 25.0 Å². The van der Waals surface area contributed by atoms with E-state index in [9.17, 15) is 4.79 Å². The number of carbonyl (C=O) groups is 1. The molecule has 0 fully saturated rings. The van der Waals surface area contributed by atoms with Crippen molar-refractivity contribution in [2.75, 3.05) is 11.1 Å². The summed E-state index contributed by atoms with van der Waals surface area (Å²) in [7, 11) is 0. The number of nitrogens with two attached hydrogens (primary N) is 1. The number of carboxylic acid groups (broad SMARTS) is 1. The van der Waals surface area contributed by atoms with Crippen LogP contribution in [0.15, 0.2) is 24.3 Å². The van der Waals surface area contributed by atoms with E-state index in [1.165, 1.54) is 0 Å². The lowest BCUT2D eigenvalue weighted by molar-refractivity contribution is -0.137. The Bertz CT molecular complexity index is 414. The van der Waals surface area contributed by atoms with E-state index in [4.69, 9.17) is 16.2 Å². The van der Waals surface area contributed by atoms with Crippen molar-refractivity contribution in [3.63, 3.8) is 0 Å². The monoisotopic (exact) mass is 275 g/mol. The summed E-state index contributed by atoms with van der Waals surface area (Å²) in [4.78, 5) is 10.8. The highest BCUT2D eigenvalue weighted by Gasteiger charge is 2.14. The van der Waals surface area contributed by atoms with Crippen molar-refractivity contribution in [3.05, 3.63) is 29.8 Å². The van der Waals surface area contributed by atoms with Crippen LogP contribution in [-0.2, 0) is 4.79 Å². The van der Waals surface area contributed by atoms with Crippen molar-refractivity contribution in [3.8, 4) is 0 Å². The minimum Gasteiger partial charge on any atom is -0.480 e. The quantitative estimate of drug-likeness (QED) is 0.317. The van der Waals surface area contributed by atoms with Crippen molar-refractivity contribution in [1.82, 2.24) is 0 Å². The second kappa shape index (κ2) is 7.03. The van der Waals surface area contributed by atoms with Crippen molar-refractivity contribution in [2.45, 2.75) is 6.04 Å². The number of hydrogen-bond acceptors (Lipinski definition) is 4. The fraction of sp³-hybridized carbons (Fsp3) is 0.200. The van der Waals surface area contributed by atoms with Crippen LogP contribution in [0, 0.1) is 5.41 Å². The number of carboxylic acids is 1. The smallest absolute Gasteiger partial charge is 0.326 e. The van der Waals surface area contributed by atoms with Crippen molar-refractivity contribution < 1.29 is 9.90 Å². The Labute approximate surface area is 111 Å². The molecule has 0 bridgehead atoms. The Morgan fingerprint density at radius 3 is 2.71 bits per heavy atom. The molecule has 0 aromatic heterocycles. The summed E-state index contributed by atoms with van der Waals surface area (Å²) in [5.41, 5.74) is 6.48. The van der Waals surface area contributed by atoms with Gasteiger partial charge in [-0.2, -0.15) is 12.6 Å². The van der Waals surface area contributed by atoms with Crippen LogP contribution in [0.5, 0.6) is 0 Å². The summed E-state index contributed by atoms with van der Waals surface area (Å²) in [6.45, 7) is 0. The van der Waals surface area contributed by atoms with E-state index >= 15 is 0 Å². The highest BCUT2D eigenvalue weighted by atomic mass is 35.5. The average molecular weight is 276 g/mol. The van der Waals surface area contributed by atoms with Crippen LogP contribution in [0.3, 0.4) is 0 Å². The van der Waals surface area contributed by atoms with E-state index < -0.39 is 12.0 Å². The molecular formula is C10H14ClN3O2S. The Morgan fingerprint density at radius 2 is 2.24 bits per heavy atom. The first kappa shape index (κ1) is 15.6. The van der Waals surface area contributed by atoms with Crippen molar-refractivity contribution in [1.29, 1.82) is 5.41 Å². The lowest BCUT2D eigenvalue weighted by atomic mass is 10.1. The third-order valence-electron chi connectivity index (χ3n) is 2.00. The van der Waals surface area contributed by atoms with Gasteiger partial charge in [-0.25, -0.2) is 4.79 Å². The second-order valence-corrected chi connectivity index (χ2v) is 3.58. The molecule has 0 saturated carbocycles. The lowest BCUT2D eigenvalue weighted by Crippen LogP contribution is -2.31. The number of aliphatic carboxylic acids is 1. The van der Waals surface area contributed by atoms with Gasteiger partial charge < -0.3 is 16.2 Å². The predicted molar refractivity (Wildman–Crippen MR) is 73.6 cm³/mol. The number of nitrogen functional groups attached to an aromatic ring is 1. The number of thiol groups is 1. The number of amidine groups is 1. The zero-order valence-electron chi connectivity index (χ0n) is 8.88. The first-order valence-corrected chi connectivity index (χ1v) is 5.22. The van der Waals surface area contributed by atoms with Crippen LogP contribution in [0.2, 0.25) is 0 Å². The number of benzene rings is 1. The molecule has 0 unspecified atom stereocenters. The van der Waals surface area contributed by atoms with Gasteiger partial charge in [-0.05, 0) is 12.1 Å². The topological polar surface area (TPSA) is 99.2 Å². The number of rotatable bonds is 5. The molecule has 1 aromatic carbocycles. The fourth-order valence-corrected chi connectivity index (χ4v) is 1.41. The van der Waals surface area contributed by atoms with E-state index in [1.807, 2.05) is 0 Å². The number of halogens is 1. The standard InChI is InChI=1S/C10H13N3O2S.ClH/c11-9(12)6-2-1-3-7(4-6)13-8(5-16)10(14)15;/h1-4,8,13,16H,5H2,(H3,11,12)(H,14,15);1H/t8-;/m0./s1.